The topological polar surface area (TPSA) is 80.6 Å². The van der Waals surface area contributed by atoms with Crippen molar-refractivity contribution >= 4 is 11.8 Å². The molecule has 0 bridgehead atoms. The lowest BCUT2D eigenvalue weighted by molar-refractivity contribution is -0.00203. The highest BCUT2D eigenvalue weighted by molar-refractivity contribution is 5.96. The first-order chi connectivity index (χ1) is 16.4. The fourth-order valence-corrected chi connectivity index (χ4v) is 4.28. The van der Waals surface area contributed by atoms with E-state index in [2.05, 4.69) is 10.3 Å². The van der Waals surface area contributed by atoms with Gasteiger partial charge in [-0.1, -0.05) is 41.1 Å². The molecule has 0 unspecified atom stereocenters. The zero-order valence-electron chi connectivity index (χ0n) is 18.6. The summed E-state index contributed by atoms with van der Waals surface area (Å²) in [5.74, 6) is -2.83. The van der Waals surface area contributed by atoms with Gasteiger partial charge in [-0.2, -0.15) is 0 Å². The summed E-state index contributed by atoms with van der Waals surface area (Å²) in [4.78, 5) is 28.6. The molecule has 2 aliphatic heterocycles. The Kier molecular flexibility index (Phi) is 5.82. The summed E-state index contributed by atoms with van der Waals surface area (Å²) in [5, 5.41) is 8.26. The van der Waals surface area contributed by atoms with Crippen molar-refractivity contribution in [2.45, 2.75) is 26.2 Å². The number of carbonyl (C=O) groups is 2. The van der Waals surface area contributed by atoms with E-state index in [0.717, 1.165) is 23.3 Å². The predicted molar refractivity (Wildman–Crippen MR) is 117 cm³/mol. The van der Waals surface area contributed by atoms with Crippen LogP contribution in [0, 0.1) is 18.6 Å². The molecule has 0 radical (unpaired) electrons. The van der Waals surface area contributed by atoms with Crippen molar-refractivity contribution in [3.8, 4) is 0 Å². The standard InChI is InChI=1S/C24H23F2N5O3/c1-15-5-7-16(8-6-15)20-13-31-19(14-34-20)22(27-28-31)24(33)30-11-9-29(10-12-30)23(32)21-17(25)3-2-4-18(21)26/h2-8,20H,9-14H2,1H3/t20-/m0/s1. The Hall–Kier alpha value is -3.66. The molecule has 0 N–H and O–H groups in total. The number of fused-ring (bicyclic) bond motifs is 1. The monoisotopic (exact) mass is 467 g/mol. The number of aromatic nitrogens is 3. The molecule has 1 aromatic heterocycles. The molecule has 5 rings (SSSR count). The van der Waals surface area contributed by atoms with Crippen molar-refractivity contribution in [3.05, 3.63) is 82.2 Å². The molecule has 34 heavy (non-hydrogen) atoms. The molecule has 3 aromatic rings. The first kappa shape index (κ1) is 22.1. The first-order valence-corrected chi connectivity index (χ1v) is 11.1. The van der Waals surface area contributed by atoms with Crippen molar-refractivity contribution in [3.63, 3.8) is 0 Å². The largest absolute Gasteiger partial charge is 0.365 e. The lowest BCUT2D eigenvalue weighted by Crippen LogP contribution is -2.51. The van der Waals surface area contributed by atoms with Crippen LogP contribution in [0.1, 0.15) is 43.8 Å². The molecular formula is C24H23F2N5O3. The van der Waals surface area contributed by atoms with Crippen molar-refractivity contribution < 1.29 is 23.1 Å². The third-order valence-corrected chi connectivity index (χ3v) is 6.28. The maximum atomic E-state index is 14.0. The Balaban J connectivity index is 1.24. The number of carbonyl (C=O) groups excluding carboxylic acids is 2. The second kappa shape index (κ2) is 8.94. The van der Waals surface area contributed by atoms with E-state index >= 15 is 0 Å². The van der Waals surface area contributed by atoms with Crippen molar-refractivity contribution in [2.75, 3.05) is 26.2 Å². The first-order valence-electron chi connectivity index (χ1n) is 11.1. The highest BCUT2D eigenvalue weighted by Gasteiger charge is 2.33. The van der Waals surface area contributed by atoms with Gasteiger partial charge in [-0.3, -0.25) is 9.59 Å². The van der Waals surface area contributed by atoms with Crippen molar-refractivity contribution in [2.24, 2.45) is 0 Å². The van der Waals surface area contributed by atoms with Gasteiger partial charge in [0.1, 0.15) is 23.3 Å². The highest BCUT2D eigenvalue weighted by Crippen LogP contribution is 2.27. The van der Waals surface area contributed by atoms with E-state index in [1.807, 2.05) is 31.2 Å². The lowest BCUT2D eigenvalue weighted by atomic mass is 10.1. The van der Waals surface area contributed by atoms with Crippen LogP contribution < -0.4 is 0 Å². The predicted octanol–water partition coefficient (Wildman–Crippen LogP) is 2.73. The zero-order valence-corrected chi connectivity index (χ0v) is 18.6. The second-order valence-corrected chi connectivity index (χ2v) is 8.46. The van der Waals surface area contributed by atoms with E-state index < -0.39 is 23.1 Å². The fourth-order valence-electron chi connectivity index (χ4n) is 4.28. The Morgan fingerprint density at radius 1 is 0.941 bits per heavy atom. The van der Waals surface area contributed by atoms with Crippen molar-refractivity contribution in [1.29, 1.82) is 0 Å². The number of hydrogen-bond donors (Lipinski definition) is 0. The molecule has 176 valence electrons. The average molecular weight is 467 g/mol. The van der Waals surface area contributed by atoms with Gasteiger partial charge in [0.2, 0.25) is 0 Å². The van der Waals surface area contributed by atoms with Gasteiger partial charge in [0.15, 0.2) is 5.69 Å². The van der Waals surface area contributed by atoms with E-state index in [1.165, 1.54) is 11.0 Å². The maximum absolute atomic E-state index is 14.0. The summed E-state index contributed by atoms with van der Waals surface area (Å²) in [6.07, 6.45) is -0.175. The van der Waals surface area contributed by atoms with E-state index in [4.69, 9.17) is 4.74 Å². The van der Waals surface area contributed by atoms with Gasteiger partial charge in [-0.25, -0.2) is 13.5 Å². The molecule has 1 atom stereocenters. The molecule has 0 aliphatic carbocycles. The molecule has 10 heteroatoms. The van der Waals surface area contributed by atoms with Gasteiger partial charge in [0.05, 0.1) is 18.8 Å². The van der Waals surface area contributed by atoms with Crippen molar-refractivity contribution in [1.82, 2.24) is 24.8 Å². The van der Waals surface area contributed by atoms with Crippen LogP contribution in [0.15, 0.2) is 42.5 Å². The summed E-state index contributed by atoms with van der Waals surface area (Å²) < 4.78 is 35.6. The van der Waals surface area contributed by atoms with Crippen LogP contribution in [0.3, 0.4) is 0 Å². The molecule has 2 aromatic carbocycles. The summed E-state index contributed by atoms with van der Waals surface area (Å²) in [6, 6.07) is 11.4. The third-order valence-electron chi connectivity index (χ3n) is 6.28. The van der Waals surface area contributed by atoms with Gasteiger partial charge in [0.25, 0.3) is 11.8 Å². The van der Waals surface area contributed by atoms with Crippen LogP contribution >= 0.6 is 0 Å². The molecule has 3 heterocycles. The summed E-state index contributed by atoms with van der Waals surface area (Å²) in [7, 11) is 0. The van der Waals surface area contributed by atoms with Gasteiger partial charge in [-0.15, -0.1) is 5.10 Å². The fraction of sp³-hybridized carbons (Fsp3) is 0.333. The van der Waals surface area contributed by atoms with Crippen LogP contribution in [0.25, 0.3) is 0 Å². The molecule has 8 nitrogen and oxygen atoms in total. The number of amides is 2. The molecular weight excluding hydrogens is 444 g/mol. The van der Waals surface area contributed by atoms with Crippen LogP contribution in [-0.2, 0) is 17.9 Å². The Morgan fingerprint density at radius 3 is 2.21 bits per heavy atom. The number of benzene rings is 2. The lowest BCUT2D eigenvalue weighted by Gasteiger charge is -2.34. The Morgan fingerprint density at radius 2 is 1.56 bits per heavy atom. The summed E-state index contributed by atoms with van der Waals surface area (Å²) >= 11 is 0. The van der Waals surface area contributed by atoms with Crippen LogP contribution in [0.5, 0.6) is 0 Å². The second-order valence-electron chi connectivity index (χ2n) is 8.46. The number of rotatable bonds is 3. The number of aryl methyl sites for hydroxylation is 1. The number of ether oxygens (including phenoxy) is 1. The normalized spacial score (nSPS) is 18.0. The smallest absolute Gasteiger partial charge is 0.276 e. The molecule has 0 saturated carbocycles. The van der Waals surface area contributed by atoms with Crippen LogP contribution in [0.4, 0.5) is 8.78 Å². The molecule has 2 aliphatic rings. The van der Waals surface area contributed by atoms with E-state index in [0.29, 0.717) is 12.2 Å². The molecule has 1 saturated heterocycles. The highest BCUT2D eigenvalue weighted by atomic mass is 19.1. The molecule has 0 spiro atoms. The van der Waals surface area contributed by atoms with Gasteiger partial charge >= 0.3 is 0 Å². The van der Waals surface area contributed by atoms with Crippen LogP contribution in [0.2, 0.25) is 0 Å². The van der Waals surface area contributed by atoms with E-state index in [9.17, 15) is 18.4 Å². The SMILES string of the molecule is Cc1ccc([C@@H]2Cn3nnc(C(=O)N4CCN(C(=O)c5c(F)cccc5F)CC4)c3CO2)cc1. The van der Waals surface area contributed by atoms with E-state index in [1.54, 1.807) is 9.58 Å². The quantitative estimate of drug-likeness (QED) is 0.592. The van der Waals surface area contributed by atoms with Crippen LogP contribution in [-0.4, -0.2) is 62.8 Å². The minimum atomic E-state index is -0.900. The summed E-state index contributed by atoms with van der Waals surface area (Å²) in [5.41, 5.74) is 2.46. The van der Waals surface area contributed by atoms with E-state index in [-0.39, 0.29) is 50.5 Å². The van der Waals surface area contributed by atoms with Gasteiger partial charge in [-0.05, 0) is 24.6 Å². The number of nitrogens with zero attached hydrogens (tertiary/aromatic N) is 5. The molecule has 1 fully saturated rings. The van der Waals surface area contributed by atoms with Gasteiger partial charge < -0.3 is 14.5 Å². The Bertz CT molecular complexity index is 1220. The minimum absolute atomic E-state index is 0.161. The summed E-state index contributed by atoms with van der Waals surface area (Å²) in [6.45, 7) is 3.45. The average Bonchev–Trinajstić information content (AvgIpc) is 3.27. The zero-order chi connectivity index (χ0) is 23.8. The third kappa shape index (κ3) is 4.05. The number of hydrogen-bond acceptors (Lipinski definition) is 5. The number of halogens is 2. The maximum Gasteiger partial charge on any atom is 0.276 e. The van der Waals surface area contributed by atoms with Gasteiger partial charge in [0, 0.05) is 26.2 Å². The minimum Gasteiger partial charge on any atom is -0.365 e. The Labute approximate surface area is 194 Å². The number of piperazine rings is 1. The molecule has 2 amide bonds.